The minimum atomic E-state index is -0.571. The van der Waals surface area contributed by atoms with Gasteiger partial charge in [0.25, 0.3) is 0 Å². The fraction of sp³-hybridized carbons (Fsp3) is 0.200. The highest BCUT2D eigenvalue weighted by atomic mass is 16.2. The zero-order valence-corrected chi connectivity index (χ0v) is 15.2. The van der Waals surface area contributed by atoms with E-state index in [9.17, 15) is 9.59 Å². The number of hydrogen-bond donors (Lipinski definition) is 2. The molecule has 0 aliphatic rings. The lowest BCUT2D eigenvalue weighted by Crippen LogP contribution is -2.44. The zero-order valence-electron chi connectivity index (χ0n) is 15.2. The SMILES string of the molecule is CC[C@H](C)C(=O)NNC(=O)c1nc(-c2ccccc2)n(-c2ccccc2)n1. The molecular formula is C20H21N5O2. The largest absolute Gasteiger partial charge is 0.309 e. The highest BCUT2D eigenvalue weighted by Gasteiger charge is 2.19. The molecule has 0 bridgehead atoms. The Morgan fingerprint density at radius 2 is 1.63 bits per heavy atom. The molecule has 2 N–H and O–H groups in total. The number of amides is 2. The third kappa shape index (κ3) is 4.20. The van der Waals surface area contributed by atoms with Crippen molar-refractivity contribution in [3.8, 4) is 17.1 Å². The highest BCUT2D eigenvalue weighted by Crippen LogP contribution is 2.20. The van der Waals surface area contributed by atoms with Gasteiger partial charge in [0.15, 0.2) is 5.82 Å². The van der Waals surface area contributed by atoms with Crippen LogP contribution in [0.5, 0.6) is 0 Å². The summed E-state index contributed by atoms with van der Waals surface area (Å²) >= 11 is 0. The molecule has 27 heavy (non-hydrogen) atoms. The van der Waals surface area contributed by atoms with E-state index in [4.69, 9.17) is 0 Å². The van der Waals surface area contributed by atoms with Crippen molar-refractivity contribution >= 4 is 11.8 Å². The van der Waals surface area contributed by atoms with Gasteiger partial charge in [0.1, 0.15) is 0 Å². The summed E-state index contributed by atoms with van der Waals surface area (Å²) < 4.78 is 1.61. The fourth-order valence-electron chi connectivity index (χ4n) is 2.41. The van der Waals surface area contributed by atoms with E-state index >= 15 is 0 Å². The minimum Gasteiger partial charge on any atom is -0.273 e. The van der Waals surface area contributed by atoms with Crippen LogP contribution in [0.1, 0.15) is 30.9 Å². The first-order chi connectivity index (χ1) is 13.1. The molecule has 3 rings (SSSR count). The molecule has 0 unspecified atom stereocenters. The second kappa shape index (κ2) is 8.27. The molecule has 2 amide bonds. The summed E-state index contributed by atoms with van der Waals surface area (Å²) in [7, 11) is 0. The molecule has 2 aromatic carbocycles. The molecule has 0 radical (unpaired) electrons. The second-order valence-electron chi connectivity index (χ2n) is 6.13. The van der Waals surface area contributed by atoms with Crippen molar-refractivity contribution in [1.29, 1.82) is 0 Å². The van der Waals surface area contributed by atoms with Crippen LogP contribution in [0.15, 0.2) is 60.7 Å². The fourth-order valence-corrected chi connectivity index (χ4v) is 2.41. The Bertz CT molecular complexity index is 865. The van der Waals surface area contributed by atoms with Gasteiger partial charge in [0.05, 0.1) is 5.69 Å². The monoisotopic (exact) mass is 363 g/mol. The first kappa shape index (κ1) is 18.3. The summed E-state index contributed by atoms with van der Waals surface area (Å²) in [6.07, 6.45) is 0.681. The van der Waals surface area contributed by atoms with E-state index in [0.717, 1.165) is 11.3 Å². The number of benzene rings is 2. The highest BCUT2D eigenvalue weighted by molar-refractivity contribution is 5.92. The van der Waals surface area contributed by atoms with Crippen molar-refractivity contribution < 1.29 is 9.59 Å². The molecule has 1 aromatic heterocycles. The van der Waals surface area contributed by atoms with Gasteiger partial charge < -0.3 is 0 Å². The molecule has 7 nitrogen and oxygen atoms in total. The van der Waals surface area contributed by atoms with Crippen LogP contribution in [-0.4, -0.2) is 26.6 Å². The molecule has 0 saturated heterocycles. The molecule has 0 aliphatic carbocycles. The van der Waals surface area contributed by atoms with E-state index in [2.05, 4.69) is 20.9 Å². The minimum absolute atomic E-state index is 0.0258. The third-order valence-electron chi connectivity index (χ3n) is 4.20. The molecule has 1 atom stereocenters. The molecule has 3 aromatic rings. The molecule has 0 fully saturated rings. The van der Waals surface area contributed by atoms with Gasteiger partial charge in [-0.15, -0.1) is 5.10 Å². The van der Waals surface area contributed by atoms with Crippen molar-refractivity contribution in [1.82, 2.24) is 25.6 Å². The summed E-state index contributed by atoms with van der Waals surface area (Å²) in [6, 6.07) is 18.9. The summed E-state index contributed by atoms with van der Waals surface area (Å²) in [5.41, 5.74) is 6.41. The molecule has 0 saturated carbocycles. The van der Waals surface area contributed by atoms with Crippen molar-refractivity contribution in [2.45, 2.75) is 20.3 Å². The summed E-state index contributed by atoms with van der Waals surface area (Å²) in [4.78, 5) is 28.7. The molecule has 7 heteroatoms. The average Bonchev–Trinajstić information content (AvgIpc) is 3.18. The Labute approximate surface area is 157 Å². The van der Waals surface area contributed by atoms with Crippen LogP contribution in [-0.2, 0) is 4.79 Å². The number of hydrogen-bond acceptors (Lipinski definition) is 4. The number of para-hydroxylation sites is 1. The van der Waals surface area contributed by atoms with Crippen molar-refractivity contribution in [2.75, 3.05) is 0 Å². The van der Waals surface area contributed by atoms with Crippen LogP contribution >= 0.6 is 0 Å². The number of nitrogens with one attached hydrogen (secondary N) is 2. The number of rotatable bonds is 5. The van der Waals surface area contributed by atoms with Crippen LogP contribution in [0, 0.1) is 5.92 Å². The number of carbonyl (C=O) groups excluding carboxylic acids is 2. The number of carbonyl (C=O) groups is 2. The lowest BCUT2D eigenvalue weighted by Gasteiger charge is -2.09. The Morgan fingerprint density at radius 1 is 1.00 bits per heavy atom. The average molecular weight is 363 g/mol. The molecule has 0 aliphatic heterocycles. The molecule has 1 heterocycles. The Hall–Kier alpha value is -3.48. The topological polar surface area (TPSA) is 88.9 Å². The Balaban J connectivity index is 1.90. The van der Waals surface area contributed by atoms with E-state index in [1.807, 2.05) is 67.6 Å². The first-order valence-corrected chi connectivity index (χ1v) is 8.78. The lowest BCUT2D eigenvalue weighted by molar-refractivity contribution is -0.125. The standard InChI is InChI=1S/C20H21N5O2/c1-3-14(2)19(26)22-23-20(27)17-21-18(15-10-6-4-7-11-15)25(24-17)16-12-8-5-9-13-16/h4-14H,3H2,1-2H3,(H,22,26)(H,23,27)/t14-/m0/s1. The quantitative estimate of drug-likeness (QED) is 0.682. The van der Waals surface area contributed by atoms with Gasteiger partial charge >= 0.3 is 5.91 Å². The van der Waals surface area contributed by atoms with E-state index in [1.54, 1.807) is 11.6 Å². The van der Waals surface area contributed by atoms with Gasteiger partial charge in [0.2, 0.25) is 11.7 Å². The van der Waals surface area contributed by atoms with Crippen molar-refractivity contribution in [3.05, 3.63) is 66.5 Å². The predicted molar refractivity (Wildman–Crippen MR) is 102 cm³/mol. The number of aromatic nitrogens is 3. The van der Waals surface area contributed by atoms with E-state index in [0.29, 0.717) is 12.2 Å². The van der Waals surface area contributed by atoms with Gasteiger partial charge in [-0.25, -0.2) is 9.67 Å². The zero-order chi connectivity index (χ0) is 19.2. The Kier molecular flexibility index (Phi) is 5.61. The molecule has 0 spiro atoms. The van der Waals surface area contributed by atoms with Gasteiger partial charge in [-0.05, 0) is 18.6 Å². The smallest absolute Gasteiger partial charge is 0.273 e. The summed E-state index contributed by atoms with van der Waals surface area (Å²) in [5.74, 6) is -0.502. The first-order valence-electron chi connectivity index (χ1n) is 8.78. The van der Waals surface area contributed by atoms with Crippen LogP contribution in [0.2, 0.25) is 0 Å². The van der Waals surface area contributed by atoms with Crippen molar-refractivity contribution in [2.24, 2.45) is 5.92 Å². The molecule has 138 valence electrons. The van der Waals surface area contributed by atoms with Gasteiger partial charge in [-0.1, -0.05) is 62.4 Å². The second-order valence-corrected chi connectivity index (χ2v) is 6.13. The lowest BCUT2D eigenvalue weighted by atomic mass is 10.1. The molecular weight excluding hydrogens is 342 g/mol. The maximum atomic E-state index is 12.4. The summed E-state index contributed by atoms with van der Waals surface area (Å²) in [6.45, 7) is 3.69. The van der Waals surface area contributed by atoms with E-state index in [-0.39, 0.29) is 17.6 Å². The van der Waals surface area contributed by atoms with Gasteiger partial charge in [-0.2, -0.15) is 0 Å². The van der Waals surface area contributed by atoms with Crippen molar-refractivity contribution in [3.63, 3.8) is 0 Å². The van der Waals surface area contributed by atoms with Gasteiger partial charge in [-0.3, -0.25) is 20.4 Å². The van der Waals surface area contributed by atoms with E-state index in [1.165, 1.54) is 0 Å². The Morgan fingerprint density at radius 3 is 2.26 bits per heavy atom. The third-order valence-corrected chi connectivity index (χ3v) is 4.20. The maximum Gasteiger partial charge on any atom is 0.309 e. The normalized spacial score (nSPS) is 11.6. The van der Waals surface area contributed by atoms with Crippen LogP contribution in [0.4, 0.5) is 0 Å². The maximum absolute atomic E-state index is 12.4. The summed E-state index contributed by atoms with van der Waals surface area (Å²) in [5, 5.41) is 4.34. The predicted octanol–water partition coefficient (Wildman–Crippen LogP) is 2.74. The van der Waals surface area contributed by atoms with Crippen LogP contribution in [0.3, 0.4) is 0 Å². The number of nitrogens with zero attached hydrogens (tertiary/aromatic N) is 3. The van der Waals surface area contributed by atoms with E-state index < -0.39 is 5.91 Å². The van der Waals surface area contributed by atoms with Crippen LogP contribution < -0.4 is 10.9 Å². The van der Waals surface area contributed by atoms with Gasteiger partial charge in [0, 0.05) is 11.5 Å². The van der Waals surface area contributed by atoms with Crippen LogP contribution in [0.25, 0.3) is 17.1 Å². The number of hydrazine groups is 1.